The molecule has 2 aromatic carbocycles. The van der Waals surface area contributed by atoms with Crippen molar-refractivity contribution in [2.75, 3.05) is 58.8 Å². The first-order chi connectivity index (χ1) is 15.8. The Morgan fingerprint density at radius 2 is 1.94 bits per heavy atom. The van der Waals surface area contributed by atoms with E-state index in [1.54, 1.807) is 25.2 Å². The van der Waals surface area contributed by atoms with E-state index in [4.69, 9.17) is 15.0 Å². The van der Waals surface area contributed by atoms with Crippen LogP contribution in [-0.4, -0.2) is 73.5 Å². The molecule has 1 aliphatic heterocycles. The van der Waals surface area contributed by atoms with E-state index in [9.17, 15) is 9.46 Å². The van der Waals surface area contributed by atoms with E-state index in [2.05, 4.69) is 20.2 Å². The molecule has 5 N–H and O–H groups in total. The maximum atomic E-state index is 11.7. The Labute approximate surface area is 193 Å². The minimum absolute atomic E-state index is 0.255. The van der Waals surface area contributed by atoms with Gasteiger partial charge in [0.15, 0.2) is 0 Å². The predicted molar refractivity (Wildman–Crippen MR) is 132 cm³/mol. The van der Waals surface area contributed by atoms with Gasteiger partial charge in [0.05, 0.1) is 11.4 Å². The Balaban J connectivity index is 1.52. The molecule has 3 aromatic rings. The van der Waals surface area contributed by atoms with E-state index in [0.717, 1.165) is 61.7 Å². The van der Waals surface area contributed by atoms with Crippen molar-refractivity contribution in [1.82, 2.24) is 15.2 Å². The molecule has 2 heterocycles. The van der Waals surface area contributed by atoms with E-state index >= 15 is 0 Å². The molecule has 0 bridgehead atoms. The minimum atomic E-state index is -3.69. The van der Waals surface area contributed by atoms with E-state index in [0.29, 0.717) is 23.6 Å². The first-order valence-corrected chi connectivity index (χ1v) is 12.9. The van der Waals surface area contributed by atoms with Gasteiger partial charge in [0.25, 0.3) is 0 Å². The number of aromatic amines is 1. The van der Waals surface area contributed by atoms with Gasteiger partial charge in [-0.3, -0.25) is 9.89 Å². The lowest BCUT2D eigenvalue weighted by Gasteiger charge is -2.26. The van der Waals surface area contributed by atoms with E-state index in [-0.39, 0.29) is 5.75 Å². The van der Waals surface area contributed by atoms with E-state index in [1.165, 1.54) is 0 Å². The Hall–Kier alpha value is -2.84. The van der Waals surface area contributed by atoms with Crippen molar-refractivity contribution in [3.05, 3.63) is 53.7 Å². The lowest BCUT2D eigenvalue weighted by atomic mass is 10.0. The van der Waals surface area contributed by atoms with Gasteiger partial charge in [0.2, 0.25) is 0 Å². The number of H-pyrrole nitrogens is 1. The highest BCUT2D eigenvalue weighted by Gasteiger charge is 2.17. The normalized spacial score (nSPS) is 17.1. The van der Waals surface area contributed by atoms with Crippen LogP contribution >= 0.6 is 7.60 Å². The third-order valence-electron chi connectivity index (χ3n) is 5.51. The molecule has 4 rings (SSSR count). The molecular formula is C23H30N5O4P. The van der Waals surface area contributed by atoms with Crippen LogP contribution in [0.3, 0.4) is 0 Å². The molecule has 0 aliphatic carbocycles. The average molecular weight is 471 g/mol. The number of aliphatic imine (C=N–C) groups is 1. The Kier molecular flexibility index (Phi) is 7.05. The number of nitrogens with zero attached hydrogens (tertiary/aromatic N) is 2. The van der Waals surface area contributed by atoms with Crippen molar-refractivity contribution in [3.8, 4) is 11.5 Å². The standard InChI is InChI=1S/C23H30N5O4P/c1-25-23(19-15-18(3-5-20(19)24)32-33(2,29)30)22-14-16-13-17(4-6-21(16)27-22)31-12-11-28-9-7-26-8-10-28/h3-6,13-15,26-27H,7-12,24H2,1-2H3,(H,29,30)/b25-23+. The van der Waals surface area contributed by atoms with Crippen LogP contribution in [0, 0.1) is 0 Å². The number of nitrogen functional groups attached to an aromatic ring is 1. The second kappa shape index (κ2) is 9.97. The van der Waals surface area contributed by atoms with Gasteiger partial charge in [-0.2, -0.15) is 0 Å². The molecule has 176 valence electrons. The zero-order chi connectivity index (χ0) is 23.4. The fourth-order valence-electron chi connectivity index (χ4n) is 3.93. The van der Waals surface area contributed by atoms with Gasteiger partial charge in [0.1, 0.15) is 18.1 Å². The molecule has 33 heavy (non-hydrogen) atoms. The second-order valence-corrected chi connectivity index (χ2v) is 9.88. The summed E-state index contributed by atoms with van der Waals surface area (Å²) in [5, 5.41) is 4.34. The highest BCUT2D eigenvalue weighted by molar-refractivity contribution is 7.52. The lowest BCUT2D eigenvalue weighted by molar-refractivity contribution is 0.191. The first kappa shape index (κ1) is 23.3. The SMILES string of the molecule is C/N=C(/c1cc2cc(OCCN3CCNCC3)ccc2[nH]1)c1cc(OP(C)(=O)O)ccc1N. The van der Waals surface area contributed by atoms with Crippen LogP contribution in [0.15, 0.2) is 47.5 Å². The predicted octanol–water partition coefficient (Wildman–Crippen LogP) is 2.70. The summed E-state index contributed by atoms with van der Waals surface area (Å²) in [6.07, 6.45) is 0. The van der Waals surface area contributed by atoms with Crippen molar-refractivity contribution in [2.45, 2.75) is 0 Å². The molecule has 1 saturated heterocycles. The van der Waals surface area contributed by atoms with Crippen LogP contribution in [0.2, 0.25) is 0 Å². The number of nitrogens with one attached hydrogen (secondary N) is 2. The Bertz CT molecular complexity index is 1200. The van der Waals surface area contributed by atoms with Gasteiger partial charge in [-0.15, -0.1) is 0 Å². The summed E-state index contributed by atoms with van der Waals surface area (Å²) in [7, 11) is -2.01. The van der Waals surface area contributed by atoms with Crippen LogP contribution in [0.5, 0.6) is 11.5 Å². The molecule has 0 amide bonds. The number of hydrogen-bond acceptors (Lipinski definition) is 7. The zero-order valence-corrected chi connectivity index (χ0v) is 19.8. The molecule has 1 aromatic heterocycles. The maximum Gasteiger partial charge on any atom is 0.373 e. The van der Waals surface area contributed by atoms with E-state index < -0.39 is 7.60 Å². The number of anilines is 1. The molecule has 0 radical (unpaired) electrons. The largest absolute Gasteiger partial charge is 0.492 e. The molecule has 10 heteroatoms. The smallest absolute Gasteiger partial charge is 0.373 e. The summed E-state index contributed by atoms with van der Waals surface area (Å²) < 4.78 is 22.8. The highest BCUT2D eigenvalue weighted by Crippen LogP contribution is 2.39. The van der Waals surface area contributed by atoms with Crippen LogP contribution in [0.4, 0.5) is 5.69 Å². The van der Waals surface area contributed by atoms with Gasteiger partial charge in [0, 0.05) is 68.6 Å². The number of rotatable bonds is 8. The van der Waals surface area contributed by atoms with Crippen molar-refractivity contribution in [2.24, 2.45) is 4.99 Å². The van der Waals surface area contributed by atoms with Crippen LogP contribution in [0.1, 0.15) is 11.3 Å². The van der Waals surface area contributed by atoms with Gasteiger partial charge < -0.3 is 30.2 Å². The molecular weight excluding hydrogens is 441 g/mol. The monoisotopic (exact) mass is 471 g/mol. The summed E-state index contributed by atoms with van der Waals surface area (Å²) in [4.78, 5) is 19.7. The van der Waals surface area contributed by atoms with Gasteiger partial charge >= 0.3 is 7.60 Å². The number of benzene rings is 2. The quantitative estimate of drug-likeness (QED) is 0.226. The first-order valence-electron chi connectivity index (χ1n) is 10.9. The lowest BCUT2D eigenvalue weighted by Crippen LogP contribution is -2.44. The average Bonchev–Trinajstić information content (AvgIpc) is 3.19. The van der Waals surface area contributed by atoms with Gasteiger partial charge in [-0.05, 0) is 42.5 Å². The molecule has 0 saturated carbocycles. The summed E-state index contributed by atoms with van der Waals surface area (Å²) in [5.41, 5.74) is 9.64. The van der Waals surface area contributed by atoms with Crippen molar-refractivity contribution >= 4 is 29.9 Å². The van der Waals surface area contributed by atoms with Crippen LogP contribution in [-0.2, 0) is 4.57 Å². The molecule has 1 unspecified atom stereocenters. The summed E-state index contributed by atoms with van der Waals surface area (Å²) in [6, 6.07) is 12.7. The van der Waals surface area contributed by atoms with Crippen LogP contribution in [0.25, 0.3) is 10.9 Å². The number of ether oxygens (including phenoxy) is 1. The summed E-state index contributed by atoms with van der Waals surface area (Å²) in [6.45, 7) is 6.82. The van der Waals surface area contributed by atoms with E-state index in [1.807, 2.05) is 24.3 Å². The van der Waals surface area contributed by atoms with Crippen LogP contribution < -0.4 is 20.3 Å². The number of hydrogen-bond donors (Lipinski definition) is 4. The van der Waals surface area contributed by atoms with Crippen molar-refractivity contribution in [1.29, 1.82) is 0 Å². The topological polar surface area (TPSA) is 125 Å². The zero-order valence-electron chi connectivity index (χ0n) is 18.9. The fraction of sp³-hybridized carbons (Fsp3) is 0.348. The maximum absolute atomic E-state index is 11.7. The van der Waals surface area contributed by atoms with Gasteiger partial charge in [-0.1, -0.05) is 0 Å². The minimum Gasteiger partial charge on any atom is -0.492 e. The molecule has 1 atom stereocenters. The molecule has 0 spiro atoms. The number of piperazine rings is 1. The number of aromatic nitrogens is 1. The third-order valence-corrected chi connectivity index (χ3v) is 6.06. The van der Waals surface area contributed by atoms with Crippen molar-refractivity contribution < 1.29 is 18.7 Å². The van der Waals surface area contributed by atoms with Crippen molar-refractivity contribution in [3.63, 3.8) is 0 Å². The number of fused-ring (bicyclic) bond motifs is 1. The summed E-state index contributed by atoms with van der Waals surface area (Å²) in [5.74, 6) is 1.07. The molecule has 1 fully saturated rings. The number of nitrogens with two attached hydrogens (primary N) is 1. The Morgan fingerprint density at radius 3 is 2.67 bits per heavy atom. The molecule has 9 nitrogen and oxygen atoms in total. The second-order valence-electron chi connectivity index (χ2n) is 8.09. The molecule has 1 aliphatic rings. The highest BCUT2D eigenvalue weighted by atomic mass is 31.2. The Morgan fingerprint density at radius 1 is 1.18 bits per heavy atom. The summed E-state index contributed by atoms with van der Waals surface area (Å²) >= 11 is 0. The fourth-order valence-corrected chi connectivity index (χ4v) is 4.44. The van der Waals surface area contributed by atoms with Gasteiger partial charge in [-0.25, -0.2) is 4.57 Å². The third kappa shape index (κ3) is 5.94.